The maximum absolute atomic E-state index is 10.8. The molecule has 0 saturated heterocycles. The number of hydrogen-bond acceptors (Lipinski definition) is 2. The Kier molecular flexibility index (Phi) is 3.52. The molecule has 1 aromatic carbocycles. The lowest BCUT2D eigenvalue weighted by Crippen LogP contribution is -2.06. The van der Waals surface area contributed by atoms with Gasteiger partial charge in [0.1, 0.15) is 10.4 Å². The van der Waals surface area contributed by atoms with Gasteiger partial charge in [-0.3, -0.25) is 4.79 Å². The van der Waals surface area contributed by atoms with E-state index in [-0.39, 0.29) is 6.42 Å². The number of halogens is 1. The number of carboxylic acid groups (broad SMARTS) is 1. The van der Waals surface area contributed by atoms with E-state index < -0.39 is 5.97 Å². The van der Waals surface area contributed by atoms with E-state index >= 15 is 0 Å². The average molecular weight is 309 g/mol. The van der Waals surface area contributed by atoms with Gasteiger partial charge in [-0.15, -0.1) is 0 Å². The van der Waals surface area contributed by atoms with E-state index in [0.717, 1.165) is 17.0 Å². The van der Waals surface area contributed by atoms with E-state index in [1.54, 1.807) is 0 Å². The highest BCUT2D eigenvalue weighted by Crippen LogP contribution is 2.27. The number of aliphatic carboxylic acids is 1. The van der Waals surface area contributed by atoms with Crippen LogP contribution in [-0.4, -0.2) is 20.6 Å². The smallest absolute Gasteiger partial charge is 0.309 e. The Morgan fingerprint density at radius 3 is 2.72 bits per heavy atom. The van der Waals surface area contributed by atoms with E-state index in [1.165, 1.54) is 0 Å². The molecule has 0 aliphatic heterocycles. The first-order chi connectivity index (χ1) is 8.50. The monoisotopic (exact) mass is 308 g/mol. The molecular weight excluding hydrogens is 296 g/mol. The highest BCUT2D eigenvalue weighted by Gasteiger charge is 2.17. The largest absolute Gasteiger partial charge is 0.481 e. The molecule has 0 fully saturated rings. The fraction of sp³-hybridized carbons (Fsp3) is 0.231. The standard InChI is InChI=1S/C13H13BrN2O2/c1-8-5-3-4-6-9(8)13-15-12(14)10(16(13)2)7-11(17)18/h3-6H,7H2,1-2H3,(H,17,18). The lowest BCUT2D eigenvalue weighted by Gasteiger charge is -2.07. The quantitative estimate of drug-likeness (QED) is 0.948. The third kappa shape index (κ3) is 2.31. The van der Waals surface area contributed by atoms with Gasteiger partial charge in [0.25, 0.3) is 0 Å². The molecule has 0 bridgehead atoms. The van der Waals surface area contributed by atoms with Crippen LogP contribution in [0, 0.1) is 6.92 Å². The number of carboxylic acids is 1. The molecule has 2 aromatic rings. The Morgan fingerprint density at radius 2 is 2.11 bits per heavy atom. The van der Waals surface area contributed by atoms with Gasteiger partial charge in [-0.1, -0.05) is 24.3 Å². The Balaban J connectivity index is 2.54. The van der Waals surface area contributed by atoms with Crippen LogP contribution in [0.1, 0.15) is 11.3 Å². The molecule has 0 saturated carbocycles. The number of aryl methyl sites for hydroxylation is 1. The molecule has 0 aliphatic carbocycles. The first-order valence-electron chi connectivity index (χ1n) is 5.49. The van der Waals surface area contributed by atoms with Crippen molar-refractivity contribution < 1.29 is 9.90 Å². The second kappa shape index (κ2) is 4.94. The predicted octanol–water partition coefficient (Wildman–Crippen LogP) is 2.79. The number of carbonyl (C=O) groups is 1. The van der Waals surface area contributed by atoms with Crippen molar-refractivity contribution in [3.63, 3.8) is 0 Å². The number of nitrogens with zero attached hydrogens (tertiary/aromatic N) is 2. The van der Waals surface area contributed by atoms with Crippen LogP contribution in [0.2, 0.25) is 0 Å². The Hall–Kier alpha value is -1.62. The summed E-state index contributed by atoms with van der Waals surface area (Å²) in [6.45, 7) is 2.01. The van der Waals surface area contributed by atoms with Crippen molar-refractivity contribution in [3.8, 4) is 11.4 Å². The summed E-state index contributed by atoms with van der Waals surface area (Å²) in [6.07, 6.45) is -0.0457. The van der Waals surface area contributed by atoms with Crippen LogP contribution in [0.5, 0.6) is 0 Å². The molecule has 0 amide bonds. The maximum Gasteiger partial charge on any atom is 0.309 e. The van der Waals surface area contributed by atoms with Gasteiger partial charge in [0.15, 0.2) is 0 Å². The number of hydrogen-bond donors (Lipinski definition) is 1. The fourth-order valence-electron chi connectivity index (χ4n) is 1.90. The van der Waals surface area contributed by atoms with Crippen LogP contribution < -0.4 is 0 Å². The molecule has 2 rings (SSSR count). The third-order valence-corrected chi connectivity index (χ3v) is 3.50. The first-order valence-corrected chi connectivity index (χ1v) is 6.29. The van der Waals surface area contributed by atoms with Crippen molar-refractivity contribution >= 4 is 21.9 Å². The van der Waals surface area contributed by atoms with Gasteiger partial charge >= 0.3 is 5.97 Å². The number of benzene rings is 1. The molecule has 0 radical (unpaired) electrons. The van der Waals surface area contributed by atoms with Crippen molar-refractivity contribution in [3.05, 3.63) is 40.1 Å². The van der Waals surface area contributed by atoms with Crippen LogP contribution in [0.4, 0.5) is 0 Å². The minimum atomic E-state index is -0.866. The molecule has 94 valence electrons. The summed E-state index contributed by atoms with van der Waals surface area (Å²) >= 11 is 3.32. The molecule has 1 N–H and O–H groups in total. The van der Waals surface area contributed by atoms with Gasteiger partial charge in [0.2, 0.25) is 0 Å². The third-order valence-electron chi connectivity index (χ3n) is 2.87. The zero-order valence-corrected chi connectivity index (χ0v) is 11.7. The molecule has 0 atom stereocenters. The Labute approximate surface area is 113 Å². The molecule has 0 spiro atoms. The van der Waals surface area contributed by atoms with Gasteiger partial charge in [-0.2, -0.15) is 0 Å². The van der Waals surface area contributed by atoms with E-state index in [1.807, 2.05) is 42.8 Å². The molecular formula is C13H13BrN2O2. The highest BCUT2D eigenvalue weighted by atomic mass is 79.9. The SMILES string of the molecule is Cc1ccccc1-c1nc(Br)c(CC(=O)O)n1C. The predicted molar refractivity (Wildman–Crippen MR) is 72.4 cm³/mol. The number of aromatic nitrogens is 2. The van der Waals surface area contributed by atoms with Gasteiger partial charge < -0.3 is 9.67 Å². The van der Waals surface area contributed by atoms with Crippen molar-refractivity contribution in [2.45, 2.75) is 13.3 Å². The van der Waals surface area contributed by atoms with Crippen molar-refractivity contribution in [1.29, 1.82) is 0 Å². The van der Waals surface area contributed by atoms with Gasteiger partial charge in [0, 0.05) is 12.6 Å². The molecule has 1 heterocycles. The normalized spacial score (nSPS) is 10.6. The summed E-state index contributed by atoms with van der Waals surface area (Å²) < 4.78 is 2.41. The van der Waals surface area contributed by atoms with Crippen LogP contribution >= 0.6 is 15.9 Å². The summed E-state index contributed by atoms with van der Waals surface area (Å²) in [5, 5.41) is 8.89. The zero-order valence-electron chi connectivity index (χ0n) is 10.1. The van der Waals surface area contributed by atoms with E-state index in [0.29, 0.717) is 10.3 Å². The van der Waals surface area contributed by atoms with Crippen LogP contribution in [0.3, 0.4) is 0 Å². The molecule has 1 aromatic heterocycles. The molecule has 4 nitrogen and oxygen atoms in total. The number of rotatable bonds is 3. The number of imidazole rings is 1. The summed E-state index contributed by atoms with van der Waals surface area (Å²) in [7, 11) is 1.83. The second-order valence-corrected chi connectivity index (χ2v) is 4.87. The lowest BCUT2D eigenvalue weighted by molar-refractivity contribution is -0.136. The topological polar surface area (TPSA) is 55.1 Å². The Bertz CT molecular complexity index is 605. The zero-order chi connectivity index (χ0) is 13.3. The first kappa shape index (κ1) is 12.8. The summed E-state index contributed by atoms with van der Waals surface area (Å²) in [5.74, 6) is -0.0914. The van der Waals surface area contributed by atoms with Crippen LogP contribution in [-0.2, 0) is 18.3 Å². The Morgan fingerprint density at radius 1 is 1.44 bits per heavy atom. The van der Waals surface area contributed by atoms with E-state index in [4.69, 9.17) is 5.11 Å². The molecule has 0 unspecified atom stereocenters. The van der Waals surface area contributed by atoms with Gasteiger partial charge in [-0.25, -0.2) is 4.98 Å². The lowest BCUT2D eigenvalue weighted by atomic mass is 10.1. The van der Waals surface area contributed by atoms with Gasteiger partial charge in [-0.05, 0) is 28.4 Å². The average Bonchev–Trinajstić information content (AvgIpc) is 2.57. The minimum absolute atomic E-state index is 0.0457. The highest BCUT2D eigenvalue weighted by molar-refractivity contribution is 9.10. The van der Waals surface area contributed by atoms with Crippen molar-refractivity contribution in [2.75, 3.05) is 0 Å². The van der Waals surface area contributed by atoms with Crippen molar-refractivity contribution in [1.82, 2.24) is 9.55 Å². The second-order valence-electron chi connectivity index (χ2n) is 4.12. The van der Waals surface area contributed by atoms with Crippen LogP contribution in [0.15, 0.2) is 28.9 Å². The van der Waals surface area contributed by atoms with Crippen LogP contribution in [0.25, 0.3) is 11.4 Å². The molecule has 0 aliphatic rings. The van der Waals surface area contributed by atoms with Crippen molar-refractivity contribution in [2.24, 2.45) is 7.05 Å². The van der Waals surface area contributed by atoms with E-state index in [2.05, 4.69) is 20.9 Å². The summed E-state index contributed by atoms with van der Waals surface area (Å²) in [4.78, 5) is 15.2. The maximum atomic E-state index is 10.8. The van der Waals surface area contributed by atoms with Gasteiger partial charge in [0.05, 0.1) is 12.1 Å². The fourth-order valence-corrected chi connectivity index (χ4v) is 2.47. The van der Waals surface area contributed by atoms with E-state index in [9.17, 15) is 4.79 Å². The minimum Gasteiger partial charge on any atom is -0.481 e. The summed E-state index contributed by atoms with van der Waals surface area (Å²) in [5.41, 5.74) is 2.79. The molecule has 5 heteroatoms. The molecule has 18 heavy (non-hydrogen) atoms. The summed E-state index contributed by atoms with van der Waals surface area (Å²) in [6, 6.07) is 7.90.